The third kappa shape index (κ3) is 3.36. The molecule has 1 aliphatic heterocycles. The third-order valence-corrected chi connectivity index (χ3v) is 5.86. The molecule has 0 radical (unpaired) electrons. The van der Waals surface area contributed by atoms with Crippen LogP contribution in [0.25, 0.3) is 0 Å². The predicted octanol–water partition coefficient (Wildman–Crippen LogP) is 3.52. The zero-order chi connectivity index (χ0) is 19.1. The summed E-state index contributed by atoms with van der Waals surface area (Å²) in [6, 6.07) is 5.57. The summed E-state index contributed by atoms with van der Waals surface area (Å²) < 4.78 is 45.3. The zero-order valence-electron chi connectivity index (χ0n) is 15.2. The lowest BCUT2D eigenvalue weighted by atomic mass is 9.78. The number of likely N-dealkylation sites (N-methyl/N-ethyl adjacent to an activating group) is 1. The first-order valence-electron chi connectivity index (χ1n) is 9.33. The number of hydrogen-bond donors (Lipinski definition) is 1. The van der Waals surface area contributed by atoms with Gasteiger partial charge in [-0.05, 0) is 31.5 Å². The van der Waals surface area contributed by atoms with Gasteiger partial charge in [-0.2, -0.15) is 18.2 Å². The summed E-state index contributed by atoms with van der Waals surface area (Å²) in [5.74, 6) is 1.03. The van der Waals surface area contributed by atoms with Gasteiger partial charge in [0.1, 0.15) is 0 Å². The molecule has 1 atom stereocenters. The van der Waals surface area contributed by atoms with Crippen LogP contribution in [0.2, 0.25) is 0 Å². The van der Waals surface area contributed by atoms with Gasteiger partial charge in [0.25, 0.3) is 0 Å². The monoisotopic (exact) mass is 380 g/mol. The molecule has 2 heterocycles. The topological polar surface area (TPSA) is 54.2 Å². The number of aromatic nitrogens is 2. The van der Waals surface area contributed by atoms with Crippen LogP contribution in [0.15, 0.2) is 28.8 Å². The second-order valence-electron chi connectivity index (χ2n) is 7.53. The molecule has 1 saturated carbocycles. The Bertz CT molecular complexity index is 798. The summed E-state index contributed by atoms with van der Waals surface area (Å²) >= 11 is 0. The maximum Gasteiger partial charge on any atom is 0.416 e. The van der Waals surface area contributed by atoms with Crippen LogP contribution in [-0.2, 0) is 11.6 Å². The smallest absolute Gasteiger partial charge is 0.338 e. The molecule has 146 valence electrons. The zero-order valence-corrected chi connectivity index (χ0v) is 15.2. The Hall–Kier alpha value is -1.93. The van der Waals surface area contributed by atoms with Crippen LogP contribution < -0.4 is 5.32 Å². The van der Waals surface area contributed by atoms with E-state index >= 15 is 0 Å². The van der Waals surface area contributed by atoms with Crippen molar-refractivity contribution in [1.82, 2.24) is 20.4 Å². The predicted molar refractivity (Wildman–Crippen MR) is 93.2 cm³/mol. The summed E-state index contributed by atoms with van der Waals surface area (Å²) in [6.07, 6.45) is -1.08. The van der Waals surface area contributed by atoms with Gasteiger partial charge in [0.15, 0.2) is 5.82 Å². The first-order chi connectivity index (χ1) is 12.9. The van der Waals surface area contributed by atoms with Crippen molar-refractivity contribution >= 4 is 0 Å². The van der Waals surface area contributed by atoms with Gasteiger partial charge in [-0.3, -0.25) is 4.90 Å². The number of halogens is 3. The molecule has 2 aliphatic rings. The number of nitrogens with one attached hydrogen (secondary N) is 1. The number of nitrogens with zero attached hydrogens (tertiary/aromatic N) is 3. The Balaban J connectivity index is 1.71. The molecule has 0 bridgehead atoms. The maximum atomic E-state index is 13.2. The third-order valence-electron chi connectivity index (χ3n) is 5.86. The summed E-state index contributed by atoms with van der Waals surface area (Å²) in [7, 11) is 2.01. The lowest BCUT2D eigenvalue weighted by molar-refractivity contribution is -0.137. The molecule has 1 aromatic heterocycles. The number of rotatable bonds is 3. The maximum absolute atomic E-state index is 13.2. The highest BCUT2D eigenvalue weighted by molar-refractivity contribution is 5.37. The number of benzene rings is 1. The van der Waals surface area contributed by atoms with E-state index in [4.69, 9.17) is 4.52 Å². The van der Waals surface area contributed by atoms with Crippen molar-refractivity contribution in [1.29, 1.82) is 0 Å². The normalized spacial score (nSPS) is 23.6. The highest BCUT2D eigenvalue weighted by atomic mass is 19.4. The average molecular weight is 380 g/mol. The van der Waals surface area contributed by atoms with E-state index in [1.807, 2.05) is 7.05 Å². The van der Waals surface area contributed by atoms with Crippen molar-refractivity contribution in [2.45, 2.75) is 43.3 Å². The quantitative estimate of drug-likeness (QED) is 0.883. The second-order valence-corrected chi connectivity index (χ2v) is 7.53. The van der Waals surface area contributed by atoms with Crippen LogP contribution in [0.1, 0.15) is 54.6 Å². The summed E-state index contributed by atoms with van der Waals surface area (Å²) in [4.78, 5) is 6.83. The molecule has 4 rings (SSSR count). The van der Waals surface area contributed by atoms with Gasteiger partial charge in [0.05, 0.1) is 17.0 Å². The van der Waals surface area contributed by atoms with Crippen LogP contribution >= 0.6 is 0 Å². The summed E-state index contributed by atoms with van der Waals surface area (Å²) in [5, 5.41) is 7.51. The second kappa shape index (κ2) is 6.91. The number of alkyl halides is 3. The Morgan fingerprint density at radius 2 is 2.04 bits per heavy atom. The van der Waals surface area contributed by atoms with E-state index in [0.29, 0.717) is 30.1 Å². The molecular weight excluding hydrogens is 357 g/mol. The molecule has 8 heteroatoms. The van der Waals surface area contributed by atoms with Crippen molar-refractivity contribution in [3.05, 3.63) is 47.1 Å². The lowest BCUT2D eigenvalue weighted by Crippen LogP contribution is -2.44. The van der Waals surface area contributed by atoms with Gasteiger partial charge >= 0.3 is 6.18 Å². The molecule has 2 fully saturated rings. The molecular formula is C19H23F3N4O. The van der Waals surface area contributed by atoms with Crippen LogP contribution in [0.3, 0.4) is 0 Å². The molecule has 1 aromatic carbocycles. The molecule has 27 heavy (non-hydrogen) atoms. The highest BCUT2D eigenvalue weighted by Gasteiger charge is 2.44. The Labute approximate surface area is 155 Å². The van der Waals surface area contributed by atoms with E-state index < -0.39 is 17.2 Å². The Morgan fingerprint density at radius 1 is 1.26 bits per heavy atom. The van der Waals surface area contributed by atoms with Gasteiger partial charge in [-0.1, -0.05) is 36.2 Å². The van der Waals surface area contributed by atoms with E-state index in [9.17, 15) is 13.2 Å². The largest absolute Gasteiger partial charge is 0.416 e. The fourth-order valence-corrected chi connectivity index (χ4v) is 4.26. The number of piperazine rings is 1. The van der Waals surface area contributed by atoms with Crippen LogP contribution in [-0.4, -0.2) is 41.7 Å². The fraction of sp³-hybridized carbons (Fsp3) is 0.579. The number of hydrogen-bond acceptors (Lipinski definition) is 5. The van der Waals surface area contributed by atoms with Gasteiger partial charge in [-0.15, -0.1) is 0 Å². The molecule has 1 aliphatic carbocycles. The van der Waals surface area contributed by atoms with E-state index in [0.717, 1.165) is 38.5 Å². The van der Waals surface area contributed by atoms with E-state index in [-0.39, 0.29) is 6.04 Å². The van der Waals surface area contributed by atoms with Gasteiger partial charge in [-0.25, -0.2) is 0 Å². The Morgan fingerprint density at radius 3 is 2.74 bits per heavy atom. The van der Waals surface area contributed by atoms with Crippen LogP contribution in [0.4, 0.5) is 13.2 Å². The molecule has 2 aromatic rings. The fourth-order valence-electron chi connectivity index (χ4n) is 4.26. The van der Waals surface area contributed by atoms with Crippen molar-refractivity contribution in [2.24, 2.45) is 0 Å². The minimum Gasteiger partial charge on any atom is -0.338 e. The van der Waals surface area contributed by atoms with Crippen molar-refractivity contribution in [3.63, 3.8) is 0 Å². The Kier molecular flexibility index (Phi) is 4.71. The lowest BCUT2D eigenvalue weighted by Gasteiger charge is -2.30. The highest BCUT2D eigenvalue weighted by Crippen LogP contribution is 2.47. The van der Waals surface area contributed by atoms with Crippen LogP contribution in [0.5, 0.6) is 0 Å². The van der Waals surface area contributed by atoms with Crippen molar-refractivity contribution < 1.29 is 17.7 Å². The molecule has 0 amide bonds. The minimum absolute atomic E-state index is 0.0104. The molecule has 1 N–H and O–H groups in total. The summed E-state index contributed by atoms with van der Waals surface area (Å²) in [5.41, 5.74) is -0.657. The molecule has 5 nitrogen and oxygen atoms in total. The molecule has 1 saturated heterocycles. The molecule has 0 spiro atoms. The SMILES string of the molecule is CN1CCNCC1c1noc(C2(c3cccc(C(F)(F)F)c3)CCCC2)n1. The van der Waals surface area contributed by atoms with E-state index in [1.54, 1.807) is 6.07 Å². The first-order valence-corrected chi connectivity index (χ1v) is 9.33. The average Bonchev–Trinajstić information content (AvgIpc) is 3.32. The minimum atomic E-state index is -4.37. The van der Waals surface area contributed by atoms with Gasteiger partial charge in [0, 0.05) is 19.6 Å². The molecule has 1 unspecified atom stereocenters. The first kappa shape index (κ1) is 18.4. The van der Waals surface area contributed by atoms with Crippen molar-refractivity contribution in [2.75, 3.05) is 26.7 Å². The van der Waals surface area contributed by atoms with Gasteiger partial charge < -0.3 is 9.84 Å². The van der Waals surface area contributed by atoms with E-state index in [2.05, 4.69) is 20.4 Å². The van der Waals surface area contributed by atoms with Crippen LogP contribution in [0, 0.1) is 0 Å². The van der Waals surface area contributed by atoms with E-state index in [1.165, 1.54) is 12.1 Å². The van der Waals surface area contributed by atoms with Crippen molar-refractivity contribution in [3.8, 4) is 0 Å². The van der Waals surface area contributed by atoms with Gasteiger partial charge in [0.2, 0.25) is 5.89 Å². The summed E-state index contributed by atoms with van der Waals surface area (Å²) in [6.45, 7) is 2.52. The standard InChI is InChI=1S/C19H23F3N4O/c1-26-10-9-23-12-15(26)16-24-17(27-25-16)18(7-2-3-8-18)13-5-4-6-14(11-13)19(20,21)22/h4-6,11,15,23H,2-3,7-10,12H2,1H3.